The van der Waals surface area contributed by atoms with Crippen LogP contribution in [0.15, 0.2) is 23.4 Å². The van der Waals surface area contributed by atoms with Gasteiger partial charge in [-0.2, -0.15) is 0 Å². The molecule has 2 fully saturated rings. The van der Waals surface area contributed by atoms with E-state index in [9.17, 15) is 22.0 Å². The minimum absolute atomic E-state index is 0.0154. The van der Waals surface area contributed by atoms with Crippen LogP contribution in [0, 0.1) is 0 Å². The van der Waals surface area contributed by atoms with E-state index < -0.39 is 27.0 Å². The average Bonchev–Trinajstić information content (AvgIpc) is 3.18. The van der Waals surface area contributed by atoms with Gasteiger partial charge in [-0.05, 0) is 31.9 Å². The maximum Gasteiger partial charge on any atom is 0.291 e. The second-order valence-electron chi connectivity index (χ2n) is 8.81. The molecule has 3 aromatic rings. The van der Waals surface area contributed by atoms with Crippen LogP contribution in [0.5, 0.6) is 0 Å². The molecule has 0 radical (unpaired) electrons. The van der Waals surface area contributed by atoms with Gasteiger partial charge in [0.15, 0.2) is 5.01 Å². The van der Waals surface area contributed by atoms with E-state index in [1.54, 1.807) is 11.0 Å². The van der Waals surface area contributed by atoms with Gasteiger partial charge < -0.3 is 9.80 Å². The lowest BCUT2D eigenvalue weighted by Crippen LogP contribution is -2.48. The van der Waals surface area contributed by atoms with Crippen LogP contribution >= 0.6 is 11.3 Å². The van der Waals surface area contributed by atoms with Gasteiger partial charge in [0, 0.05) is 38.6 Å². The number of sulfonamides is 1. The van der Waals surface area contributed by atoms with Crippen molar-refractivity contribution in [1.82, 2.24) is 29.4 Å². The highest BCUT2D eigenvalue weighted by Gasteiger charge is 2.41. The lowest BCUT2D eigenvalue weighted by atomic mass is 10.2. The molecule has 0 bridgehead atoms. The Morgan fingerprint density at radius 3 is 2.47 bits per heavy atom. The van der Waals surface area contributed by atoms with E-state index in [2.05, 4.69) is 19.9 Å². The quantitative estimate of drug-likeness (QED) is 0.540. The van der Waals surface area contributed by atoms with E-state index in [4.69, 9.17) is 0 Å². The Balaban J connectivity index is 1.61. The molecular weight excluding hydrogens is 488 g/mol. The molecule has 0 spiro atoms. The van der Waals surface area contributed by atoms with Crippen molar-refractivity contribution in [3.63, 3.8) is 0 Å². The van der Waals surface area contributed by atoms with Crippen molar-refractivity contribution >= 4 is 44.0 Å². The summed E-state index contributed by atoms with van der Waals surface area (Å²) in [5.74, 6) is -0.0154. The van der Waals surface area contributed by atoms with Crippen LogP contribution in [0.4, 0.5) is 14.5 Å². The third kappa shape index (κ3) is 4.25. The van der Waals surface area contributed by atoms with Crippen molar-refractivity contribution in [3.05, 3.63) is 23.5 Å². The van der Waals surface area contributed by atoms with Gasteiger partial charge in [-0.15, -0.1) is 10.2 Å². The van der Waals surface area contributed by atoms with Crippen LogP contribution in [0.25, 0.3) is 16.2 Å². The van der Waals surface area contributed by atoms with E-state index in [0.29, 0.717) is 42.9 Å². The zero-order chi connectivity index (χ0) is 24.3. The predicted molar refractivity (Wildman–Crippen MR) is 122 cm³/mol. The SMILES string of the molecule is CC(=O)N1CCN(c2cc(S(=O)(=O)NC3(C)CC3)cc3c2ncn3-c2nnc(C(F)F)s2)CC1. The highest BCUT2D eigenvalue weighted by molar-refractivity contribution is 7.89. The Hall–Kier alpha value is -2.71. The Morgan fingerprint density at radius 1 is 1.18 bits per heavy atom. The molecule has 0 unspecified atom stereocenters. The van der Waals surface area contributed by atoms with Gasteiger partial charge in [-0.25, -0.2) is 26.9 Å². The fourth-order valence-corrected chi connectivity index (χ4v) is 6.16. The minimum Gasteiger partial charge on any atom is -0.366 e. The second-order valence-corrected chi connectivity index (χ2v) is 11.5. The number of nitrogens with zero attached hydrogens (tertiary/aromatic N) is 6. The molecular formula is C20H23F2N7O3S2. The first-order chi connectivity index (χ1) is 16.1. The molecule has 2 aliphatic rings. The maximum atomic E-state index is 13.2. The summed E-state index contributed by atoms with van der Waals surface area (Å²) in [6.07, 6.45) is 0.191. The van der Waals surface area contributed by atoms with Gasteiger partial charge in [-0.3, -0.25) is 9.36 Å². The molecule has 0 atom stereocenters. The number of nitrogens with one attached hydrogen (secondary N) is 1. The Labute approximate surface area is 198 Å². The Kier molecular flexibility index (Phi) is 5.56. The lowest BCUT2D eigenvalue weighted by Gasteiger charge is -2.35. The summed E-state index contributed by atoms with van der Waals surface area (Å²) >= 11 is 0.720. The number of hydrogen-bond donors (Lipinski definition) is 1. The van der Waals surface area contributed by atoms with Crippen molar-refractivity contribution in [3.8, 4) is 5.13 Å². The highest BCUT2D eigenvalue weighted by atomic mass is 32.2. The minimum atomic E-state index is -3.85. The van der Waals surface area contributed by atoms with Crippen LogP contribution in [-0.4, -0.2) is 70.7 Å². The van der Waals surface area contributed by atoms with Gasteiger partial charge >= 0.3 is 0 Å². The summed E-state index contributed by atoms with van der Waals surface area (Å²) in [4.78, 5) is 20.0. The molecule has 182 valence electrons. The first-order valence-electron chi connectivity index (χ1n) is 10.7. The van der Waals surface area contributed by atoms with Crippen molar-refractivity contribution in [2.45, 2.75) is 43.5 Å². The molecule has 1 aromatic carbocycles. The number of fused-ring (bicyclic) bond motifs is 1. The van der Waals surface area contributed by atoms with E-state index in [1.165, 1.54) is 23.9 Å². The molecule has 5 rings (SSSR count). The summed E-state index contributed by atoms with van der Waals surface area (Å²) in [7, 11) is -3.85. The summed E-state index contributed by atoms with van der Waals surface area (Å²) in [5, 5.41) is 7.13. The first-order valence-corrected chi connectivity index (χ1v) is 13.0. The van der Waals surface area contributed by atoms with Gasteiger partial charge in [0.1, 0.15) is 11.8 Å². The number of halogens is 2. The highest BCUT2D eigenvalue weighted by Crippen LogP contribution is 2.38. The number of benzene rings is 1. The fourth-order valence-electron chi connectivity index (χ4n) is 3.97. The van der Waals surface area contributed by atoms with Crippen LogP contribution in [0.3, 0.4) is 0 Å². The zero-order valence-electron chi connectivity index (χ0n) is 18.5. The van der Waals surface area contributed by atoms with E-state index in [0.717, 1.165) is 24.2 Å². The Bertz CT molecular complexity index is 1360. The topological polar surface area (TPSA) is 113 Å². The number of piperazine rings is 1. The number of carbonyl (C=O) groups is 1. The largest absolute Gasteiger partial charge is 0.366 e. The number of rotatable bonds is 6. The zero-order valence-corrected chi connectivity index (χ0v) is 20.2. The Morgan fingerprint density at radius 2 is 1.88 bits per heavy atom. The van der Waals surface area contributed by atoms with Gasteiger partial charge in [-0.1, -0.05) is 11.3 Å². The average molecular weight is 512 g/mol. The molecule has 2 aromatic heterocycles. The standard InChI is InChI=1S/C20H23F2N7O3S2/c1-12(30)27-5-7-28(8-6-27)14-9-13(34(31,32)26-20(2)3-4-20)10-15-16(14)23-11-29(15)19-25-24-18(33-19)17(21)22/h9-11,17,26H,3-8H2,1-2H3. The number of aromatic nitrogens is 4. The maximum absolute atomic E-state index is 13.2. The fraction of sp³-hybridized carbons (Fsp3) is 0.500. The molecule has 1 saturated carbocycles. The normalized spacial score (nSPS) is 18.1. The molecule has 1 aliphatic carbocycles. The van der Waals surface area contributed by atoms with Crippen LogP contribution in [0.2, 0.25) is 0 Å². The number of amides is 1. The third-order valence-electron chi connectivity index (χ3n) is 6.18. The monoisotopic (exact) mass is 511 g/mol. The number of anilines is 1. The van der Waals surface area contributed by atoms with Gasteiger partial charge in [0.2, 0.25) is 21.1 Å². The summed E-state index contributed by atoms with van der Waals surface area (Å²) in [6.45, 7) is 5.37. The number of hydrogen-bond acceptors (Lipinski definition) is 8. The van der Waals surface area contributed by atoms with E-state index >= 15 is 0 Å². The molecule has 1 N–H and O–H groups in total. The first kappa shape index (κ1) is 23.1. The molecule has 1 aliphatic heterocycles. The molecule has 14 heteroatoms. The number of carbonyl (C=O) groups excluding carboxylic acids is 1. The molecule has 3 heterocycles. The summed E-state index contributed by atoms with van der Waals surface area (Å²) < 4.78 is 56.9. The number of alkyl halides is 2. The van der Waals surface area contributed by atoms with Crippen molar-refractivity contribution in [2.75, 3.05) is 31.1 Å². The van der Waals surface area contributed by atoms with Crippen LogP contribution in [0.1, 0.15) is 38.1 Å². The summed E-state index contributed by atoms with van der Waals surface area (Å²) in [5.41, 5.74) is 1.07. The predicted octanol–water partition coefficient (Wildman–Crippen LogP) is 2.31. The third-order valence-corrected chi connectivity index (χ3v) is 8.73. The lowest BCUT2D eigenvalue weighted by molar-refractivity contribution is -0.129. The van der Waals surface area contributed by atoms with Crippen molar-refractivity contribution < 1.29 is 22.0 Å². The number of imidazole rings is 1. The smallest absolute Gasteiger partial charge is 0.291 e. The molecule has 1 saturated heterocycles. The van der Waals surface area contributed by atoms with Gasteiger partial charge in [0.05, 0.1) is 16.1 Å². The van der Waals surface area contributed by atoms with Crippen LogP contribution in [-0.2, 0) is 14.8 Å². The van der Waals surface area contributed by atoms with Gasteiger partial charge in [0.25, 0.3) is 6.43 Å². The molecule has 1 amide bonds. The van der Waals surface area contributed by atoms with E-state index in [-0.39, 0.29) is 15.9 Å². The molecule has 34 heavy (non-hydrogen) atoms. The van der Waals surface area contributed by atoms with Crippen molar-refractivity contribution in [2.24, 2.45) is 0 Å². The second kappa shape index (κ2) is 8.20. The van der Waals surface area contributed by atoms with E-state index in [1.807, 2.05) is 11.8 Å². The van der Waals surface area contributed by atoms with Crippen molar-refractivity contribution in [1.29, 1.82) is 0 Å². The summed E-state index contributed by atoms with van der Waals surface area (Å²) in [6, 6.07) is 3.07. The molecule has 10 nitrogen and oxygen atoms in total. The van der Waals surface area contributed by atoms with Crippen LogP contribution < -0.4 is 9.62 Å².